The first-order chi connectivity index (χ1) is 13.4. The molecule has 10 heteroatoms. The number of aromatic nitrogens is 4. The van der Waals surface area contributed by atoms with E-state index in [1.54, 1.807) is 6.07 Å². The van der Waals surface area contributed by atoms with Crippen LogP contribution < -0.4 is 4.90 Å². The fourth-order valence-corrected chi connectivity index (χ4v) is 3.39. The molecule has 0 bridgehead atoms. The van der Waals surface area contributed by atoms with Gasteiger partial charge in [0, 0.05) is 37.7 Å². The molecule has 0 N–H and O–H groups in total. The van der Waals surface area contributed by atoms with Crippen molar-refractivity contribution >= 4 is 23.1 Å². The van der Waals surface area contributed by atoms with Gasteiger partial charge >= 0.3 is 6.18 Å². The van der Waals surface area contributed by atoms with Gasteiger partial charge in [-0.25, -0.2) is 0 Å². The Balaban J connectivity index is 1.38. The van der Waals surface area contributed by atoms with Crippen LogP contribution in [-0.2, 0) is 12.6 Å². The van der Waals surface area contributed by atoms with E-state index in [1.165, 1.54) is 11.6 Å². The second-order valence-corrected chi connectivity index (χ2v) is 7.12. The molecule has 0 spiro atoms. The SMILES string of the molecule is FC(F)(F)c1nnc2ccc(N3CCN(CCc4ccc(Cl)cc4)CC3)nn12. The molecule has 3 aromatic rings. The van der Waals surface area contributed by atoms with Gasteiger partial charge < -0.3 is 4.90 Å². The quantitative estimate of drug-likeness (QED) is 0.661. The third-order valence-corrected chi connectivity index (χ3v) is 5.08. The third-order valence-electron chi connectivity index (χ3n) is 4.83. The number of hydrogen-bond donors (Lipinski definition) is 0. The van der Waals surface area contributed by atoms with E-state index >= 15 is 0 Å². The molecule has 1 aromatic carbocycles. The maximum atomic E-state index is 13.0. The van der Waals surface area contributed by atoms with E-state index < -0.39 is 12.0 Å². The van der Waals surface area contributed by atoms with Crippen LogP contribution in [0.4, 0.5) is 19.0 Å². The first-order valence-corrected chi connectivity index (χ1v) is 9.29. The molecule has 0 radical (unpaired) electrons. The lowest BCUT2D eigenvalue weighted by molar-refractivity contribution is -0.146. The van der Waals surface area contributed by atoms with E-state index in [1.807, 2.05) is 29.2 Å². The minimum absolute atomic E-state index is 0.0812. The molecule has 0 amide bonds. The zero-order valence-electron chi connectivity index (χ0n) is 14.9. The topological polar surface area (TPSA) is 49.6 Å². The summed E-state index contributed by atoms with van der Waals surface area (Å²) in [5.41, 5.74) is 1.31. The highest BCUT2D eigenvalue weighted by molar-refractivity contribution is 6.30. The Kier molecular flexibility index (Phi) is 5.11. The molecule has 28 heavy (non-hydrogen) atoms. The molecule has 0 aliphatic carbocycles. The van der Waals surface area contributed by atoms with Gasteiger partial charge in [-0.1, -0.05) is 23.7 Å². The van der Waals surface area contributed by atoms with E-state index in [-0.39, 0.29) is 5.65 Å². The molecular weight excluding hydrogens is 393 g/mol. The molecule has 6 nitrogen and oxygen atoms in total. The molecular formula is C18H18ClF3N6. The van der Waals surface area contributed by atoms with Gasteiger partial charge in [0.25, 0.3) is 5.82 Å². The minimum Gasteiger partial charge on any atom is -0.353 e. The van der Waals surface area contributed by atoms with Gasteiger partial charge in [-0.15, -0.1) is 15.3 Å². The van der Waals surface area contributed by atoms with Crippen molar-refractivity contribution < 1.29 is 13.2 Å². The number of halogens is 4. The number of rotatable bonds is 4. The first kappa shape index (κ1) is 18.9. The summed E-state index contributed by atoms with van der Waals surface area (Å²) >= 11 is 5.90. The number of alkyl halides is 3. The van der Waals surface area contributed by atoms with E-state index in [9.17, 15) is 13.2 Å². The number of nitrogens with zero attached hydrogens (tertiary/aromatic N) is 6. The van der Waals surface area contributed by atoms with Crippen LogP contribution in [0.25, 0.3) is 5.65 Å². The average Bonchev–Trinajstić information content (AvgIpc) is 3.12. The molecule has 2 aromatic heterocycles. The summed E-state index contributed by atoms with van der Waals surface area (Å²) < 4.78 is 39.9. The monoisotopic (exact) mass is 410 g/mol. The summed E-state index contributed by atoms with van der Waals surface area (Å²) in [4.78, 5) is 4.32. The van der Waals surface area contributed by atoms with Crippen molar-refractivity contribution in [2.24, 2.45) is 0 Å². The van der Waals surface area contributed by atoms with Crippen LogP contribution in [0.5, 0.6) is 0 Å². The summed E-state index contributed by atoms with van der Waals surface area (Å²) in [6.07, 6.45) is -3.66. The van der Waals surface area contributed by atoms with E-state index in [0.29, 0.717) is 18.9 Å². The van der Waals surface area contributed by atoms with Crippen LogP contribution in [0.15, 0.2) is 36.4 Å². The summed E-state index contributed by atoms with van der Waals surface area (Å²) in [7, 11) is 0. The highest BCUT2D eigenvalue weighted by Gasteiger charge is 2.37. The Morgan fingerprint density at radius 2 is 1.64 bits per heavy atom. The van der Waals surface area contributed by atoms with Gasteiger partial charge in [0.1, 0.15) is 5.82 Å². The van der Waals surface area contributed by atoms with Crippen molar-refractivity contribution in [3.8, 4) is 0 Å². The maximum Gasteiger partial charge on any atom is 0.453 e. The number of fused-ring (bicyclic) bond motifs is 1. The van der Waals surface area contributed by atoms with E-state index in [0.717, 1.165) is 35.6 Å². The predicted octanol–water partition coefficient (Wildman–Crippen LogP) is 3.16. The lowest BCUT2D eigenvalue weighted by Crippen LogP contribution is -2.47. The second kappa shape index (κ2) is 7.56. The zero-order valence-corrected chi connectivity index (χ0v) is 15.7. The molecule has 1 aliphatic heterocycles. The van der Waals surface area contributed by atoms with E-state index in [2.05, 4.69) is 20.2 Å². The fourth-order valence-electron chi connectivity index (χ4n) is 3.26. The van der Waals surface area contributed by atoms with Crippen molar-refractivity contribution in [3.63, 3.8) is 0 Å². The number of benzene rings is 1. The van der Waals surface area contributed by atoms with E-state index in [4.69, 9.17) is 11.6 Å². The Hall–Kier alpha value is -2.39. The smallest absolute Gasteiger partial charge is 0.353 e. The highest BCUT2D eigenvalue weighted by Crippen LogP contribution is 2.28. The van der Waals surface area contributed by atoms with Gasteiger partial charge in [0.05, 0.1) is 0 Å². The largest absolute Gasteiger partial charge is 0.453 e. The summed E-state index contributed by atoms with van der Waals surface area (Å²) in [5.74, 6) is -0.610. The van der Waals surface area contributed by atoms with Crippen LogP contribution in [0.2, 0.25) is 5.02 Å². The number of piperazine rings is 1. The van der Waals surface area contributed by atoms with Crippen LogP contribution in [0.3, 0.4) is 0 Å². The summed E-state index contributed by atoms with van der Waals surface area (Å²) in [6.45, 7) is 3.96. The molecule has 0 saturated carbocycles. The average molecular weight is 411 g/mol. The fraction of sp³-hybridized carbons (Fsp3) is 0.389. The molecule has 1 aliphatic rings. The van der Waals surface area contributed by atoms with Crippen LogP contribution in [0, 0.1) is 0 Å². The molecule has 1 fully saturated rings. The predicted molar refractivity (Wildman–Crippen MR) is 99.6 cm³/mol. The van der Waals surface area contributed by atoms with Crippen molar-refractivity contribution in [1.29, 1.82) is 0 Å². The molecule has 0 atom stereocenters. The van der Waals surface area contributed by atoms with Gasteiger partial charge in [-0.05, 0) is 36.2 Å². The highest BCUT2D eigenvalue weighted by atomic mass is 35.5. The lowest BCUT2D eigenvalue weighted by atomic mass is 10.1. The Labute approximate surface area is 164 Å². The standard InChI is InChI=1S/C18H18ClF3N6/c19-14-3-1-13(2-4-14)7-8-26-9-11-27(12-10-26)16-6-5-15-23-24-17(18(20,21)22)28(15)25-16/h1-6H,7-12H2. The van der Waals surface area contributed by atoms with Gasteiger partial charge in [-0.3, -0.25) is 4.90 Å². The van der Waals surface area contributed by atoms with Gasteiger partial charge in [0.15, 0.2) is 5.65 Å². The summed E-state index contributed by atoms with van der Waals surface area (Å²) in [5, 5.41) is 11.6. The van der Waals surface area contributed by atoms with Crippen LogP contribution >= 0.6 is 11.6 Å². The normalized spacial score (nSPS) is 16.1. The Morgan fingerprint density at radius 3 is 2.32 bits per heavy atom. The van der Waals surface area contributed by atoms with Gasteiger partial charge in [-0.2, -0.15) is 17.7 Å². The summed E-state index contributed by atoms with van der Waals surface area (Å²) in [6, 6.07) is 11.0. The van der Waals surface area contributed by atoms with Gasteiger partial charge in [0.2, 0.25) is 0 Å². The molecule has 0 unspecified atom stereocenters. The lowest BCUT2D eigenvalue weighted by Gasteiger charge is -2.35. The third kappa shape index (κ3) is 4.05. The molecule has 148 valence electrons. The maximum absolute atomic E-state index is 13.0. The Bertz CT molecular complexity index is 948. The molecule has 1 saturated heterocycles. The van der Waals surface area contributed by atoms with Crippen LogP contribution in [0.1, 0.15) is 11.4 Å². The molecule has 3 heterocycles. The Morgan fingerprint density at radius 1 is 0.929 bits per heavy atom. The second-order valence-electron chi connectivity index (χ2n) is 6.69. The van der Waals surface area contributed by atoms with Crippen molar-refractivity contribution in [1.82, 2.24) is 24.7 Å². The minimum atomic E-state index is -4.59. The van der Waals surface area contributed by atoms with Crippen LogP contribution in [-0.4, -0.2) is 57.4 Å². The van der Waals surface area contributed by atoms with Crippen molar-refractivity contribution in [2.45, 2.75) is 12.6 Å². The van der Waals surface area contributed by atoms with Crippen molar-refractivity contribution in [2.75, 3.05) is 37.6 Å². The number of anilines is 1. The number of hydrogen-bond acceptors (Lipinski definition) is 5. The first-order valence-electron chi connectivity index (χ1n) is 8.91. The van der Waals surface area contributed by atoms with Crippen molar-refractivity contribution in [3.05, 3.63) is 52.8 Å². The zero-order chi connectivity index (χ0) is 19.7. The molecule has 4 rings (SSSR count).